The van der Waals surface area contributed by atoms with Gasteiger partial charge in [0.2, 0.25) is 0 Å². The highest BCUT2D eigenvalue weighted by Gasteiger charge is 2.13. The third kappa shape index (κ3) is 3.24. The molecular weight excluding hydrogens is 454 g/mol. The number of nitrogens with zero attached hydrogens (tertiary/aromatic N) is 1. The Morgan fingerprint density at radius 3 is 1.69 bits per heavy atom. The molecule has 0 atom stereocenters. The SMILES string of the molecule is Brc1ccc(-c2ccc(-c3ccc4c5ccccc5n(-c5ccccc5)c4c3)cc2)cc1. The summed E-state index contributed by atoms with van der Waals surface area (Å²) in [7, 11) is 0. The quantitative estimate of drug-likeness (QED) is 0.241. The van der Waals surface area contributed by atoms with Gasteiger partial charge in [-0.2, -0.15) is 0 Å². The van der Waals surface area contributed by atoms with Crippen LogP contribution in [0.4, 0.5) is 0 Å². The molecule has 1 aromatic heterocycles. The van der Waals surface area contributed by atoms with Crippen molar-refractivity contribution < 1.29 is 0 Å². The molecule has 0 fully saturated rings. The van der Waals surface area contributed by atoms with Gasteiger partial charge in [-0.05, 0) is 58.7 Å². The summed E-state index contributed by atoms with van der Waals surface area (Å²) in [5, 5.41) is 2.56. The topological polar surface area (TPSA) is 4.93 Å². The first-order valence-electron chi connectivity index (χ1n) is 10.7. The zero-order chi connectivity index (χ0) is 21.5. The van der Waals surface area contributed by atoms with Crippen LogP contribution in [0, 0.1) is 0 Å². The molecule has 0 radical (unpaired) electrons. The Balaban J connectivity index is 1.50. The van der Waals surface area contributed by atoms with Crippen molar-refractivity contribution in [3.05, 3.63) is 126 Å². The second-order valence-electron chi connectivity index (χ2n) is 8.00. The van der Waals surface area contributed by atoms with Gasteiger partial charge in [-0.1, -0.05) is 101 Å². The largest absolute Gasteiger partial charge is 0.309 e. The molecule has 0 N–H and O–H groups in total. The lowest BCUT2D eigenvalue weighted by molar-refractivity contribution is 1.18. The third-order valence-electron chi connectivity index (χ3n) is 6.08. The van der Waals surface area contributed by atoms with Crippen molar-refractivity contribution in [3.8, 4) is 27.9 Å². The highest BCUT2D eigenvalue weighted by atomic mass is 79.9. The number of benzene rings is 5. The van der Waals surface area contributed by atoms with Crippen molar-refractivity contribution >= 4 is 37.7 Å². The van der Waals surface area contributed by atoms with E-state index in [0.717, 1.165) is 4.47 Å². The number of halogens is 1. The Kier molecular flexibility index (Phi) is 4.66. The van der Waals surface area contributed by atoms with Gasteiger partial charge in [0.25, 0.3) is 0 Å². The predicted molar refractivity (Wildman–Crippen MR) is 139 cm³/mol. The molecule has 0 amide bonds. The number of para-hydroxylation sites is 2. The van der Waals surface area contributed by atoms with E-state index in [1.165, 1.54) is 49.7 Å². The number of fused-ring (bicyclic) bond motifs is 3. The molecule has 0 spiro atoms. The fourth-order valence-corrected chi connectivity index (χ4v) is 4.77. The van der Waals surface area contributed by atoms with Crippen LogP contribution in [0.1, 0.15) is 0 Å². The van der Waals surface area contributed by atoms with Crippen molar-refractivity contribution in [1.29, 1.82) is 0 Å². The summed E-state index contributed by atoms with van der Waals surface area (Å²) in [6, 6.07) is 43.4. The molecule has 5 aromatic carbocycles. The first-order chi connectivity index (χ1) is 15.8. The van der Waals surface area contributed by atoms with E-state index in [1.807, 2.05) is 0 Å². The van der Waals surface area contributed by atoms with Crippen molar-refractivity contribution in [2.24, 2.45) is 0 Å². The van der Waals surface area contributed by atoms with Gasteiger partial charge in [0, 0.05) is 20.9 Å². The van der Waals surface area contributed by atoms with Crippen molar-refractivity contribution in [2.75, 3.05) is 0 Å². The maximum absolute atomic E-state index is 3.51. The minimum absolute atomic E-state index is 1.10. The molecule has 0 aliphatic carbocycles. The lowest BCUT2D eigenvalue weighted by Crippen LogP contribution is -1.93. The molecule has 0 bridgehead atoms. The van der Waals surface area contributed by atoms with E-state index < -0.39 is 0 Å². The summed E-state index contributed by atoms with van der Waals surface area (Å²) in [5.74, 6) is 0. The van der Waals surface area contributed by atoms with E-state index in [0.29, 0.717) is 0 Å². The van der Waals surface area contributed by atoms with E-state index in [4.69, 9.17) is 0 Å². The Labute approximate surface area is 195 Å². The standard InChI is InChI=1S/C30H20BrN/c31-25-17-14-22(15-18-25)21-10-12-23(13-11-21)24-16-19-28-27-8-4-5-9-29(27)32(30(28)20-24)26-6-2-1-3-7-26/h1-20H. The lowest BCUT2D eigenvalue weighted by Gasteiger charge is -2.09. The van der Waals surface area contributed by atoms with Crippen LogP contribution in [0.3, 0.4) is 0 Å². The van der Waals surface area contributed by atoms with Crippen LogP contribution in [0.25, 0.3) is 49.7 Å². The van der Waals surface area contributed by atoms with Gasteiger partial charge in [-0.3, -0.25) is 0 Å². The monoisotopic (exact) mass is 473 g/mol. The summed E-state index contributed by atoms with van der Waals surface area (Å²) in [6.45, 7) is 0. The minimum Gasteiger partial charge on any atom is -0.309 e. The summed E-state index contributed by atoms with van der Waals surface area (Å²) in [6.07, 6.45) is 0. The van der Waals surface area contributed by atoms with Gasteiger partial charge in [0.05, 0.1) is 11.0 Å². The average molecular weight is 474 g/mol. The lowest BCUT2D eigenvalue weighted by atomic mass is 9.99. The summed E-state index contributed by atoms with van der Waals surface area (Å²) in [5.41, 5.74) is 8.53. The molecular formula is C30H20BrN. The zero-order valence-electron chi connectivity index (χ0n) is 17.4. The van der Waals surface area contributed by atoms with E-state index >= 15 is 0 Å². The minimum atomic E-state index is 1.10. The molecule has 2 heteroatoms. The van der Waals surface area contributed by atoms with Crippen LogP contribution in [0.2, 0.25) is 0 Å². The van der Waals surface area contributed by atoms with Gasteiger partial charge in [-0.25, -0.2) is 0 Å². The van der Waals surface area contributed by atoms with E-state index in [-0.39, 0.29) is 0 Å². The van der Waals surface area contributed by atoms with Gasteiger partial charge in [0.15, 0.2) is 0 Å². The van der Waals surface area contributed by atoms with Crippen LogP contribution < -0.4 is 0 Å². The Hall–Kier alpha value is -3.62. The summed E-state index contributed by atoms with van der Waals surface area (Å²) >= 11 is 3.51. The highest BCUT2D eigenvalue weighted by molar-refractivity contribution is 9.10. The number of hydrogen-bond donors (Lipinski definition) is 0. The number of hydrogen-bond acceptors (Lipinski definition) is 0. The molecule has 6 aromatic rings. The molecule has 1 heterocycles. The first kappa shape index (κ1) is 19.1. The van der Waals surface area contributed by atoms with Crippen LogP contribution in [0.5, 0.6) is 0 Å². The second-order valence-corrected chi connectivity index (χ2v) is 8.92. The summed E-state index contributed by atoms with van der Waals surface area (Å²) < 4.78 is 3.46. The van der Waals surface area contributed by atoms with E-state index in [2.05, 4.69) is 142 Å². The molecule has 0 unspecified atom stereocenters. The maximum atomic E-state index is 3.51. The number of rotatable bonds is 3. The molecule has 6 rings (SSSR count). The molecule has 0 aliphatic heterocycles. The Morgan fingerprint density at radius 1 is 0.438 bits per heavy atom. The number of aromatic nitrogens is 1. The molecule has 1 nitrogen and oxygen atoms in total. The predicted octanol–water partition coefficient (Wildman–Crippen LogP) is 8.88. The average Bonchev–Trinajstić information content (AvgIpc) is 3.19. The maximum Gasteiger partial charge on any atom is 0.0547 e. The fourth-order valence-electron chi connectivity index (χ4n) is 4.50. The van der Waals surface area contributed by atoms with Crippen molar-refractivity contribution in [1.82, 2.24) is 4.57 Å². The normalized spacial score (nSPS) is 11.3. The van der Waals surface area contributed by atoms with E-state index in [9.17, 15) is 0 Å². The fraction of sp³-hybridized carbons (Fsp3) is 0. The van der Waals surface area contributed by atoms with Crippen molar-refractivity contribution in [3.63, 3.8) is 0 Å². The molecule has 0 saturated heterocycles. The van der Waals surface area contributed by atoms with Crippen LogP contribution >= 0.6 is 15.9 Å². The van der Waals surface area contributed by atoms with Gasteiger partial charge in [-0.15, -0.1) is 0 Å². The first-order valence-corrected chi connectivity index (χ1v) is 11.5. The van der Waals surface area contributed by atoms with E-state index in [1.54, 1.807) is 0 Å². The molecule has 32 heavy (non-hydrogen) atoms. The highest BCUT2D eigenvalue weighted by Crippen LogP contribution is 2.35. The third-order valence-corrected chi connectivity index (χ3v) is 6.61. The van der Waals surface area contributed by atoms with Crippen LogP contribution in [-0.4, -0.2) is 4.57 Å². The molecule has 152 valence electrons. The molecule has 0 saturated carbocycles. The van der Waals surface area contributed by atoms with Gasteiger partial charge < -0.3 is 4.57 Å². The second kappa shape index (κ2) is 7.81. The van der Waals surface area contributed by atoms with Crippen molar-refractivity contribution in [2.45, 2.75) is 0 Å². The zero-order valence-corrected chi connectivity index (χ0v) is 19.0. The van der Waals surface area contributed by atoms with Crippen LogP contribution in [-0.2, 0) is 0 Å². The smallest absolute Gasteiger partial charge is 0.0547 e. The summed E-state index contributed by atoms with van der Waals surface area (Å²) in [4.78, 5) is 0. The van der Waals surface area contributed by atoms with Gasteiger partial charge >= 0.3 is 0 Å². The van der Waals surface area contributed by atoms with Crippen LogP contribution in [0.15, 0.2) is 126 Å². The Bertz CT molecular complexity index is 1540. The Morgan fingerprint density at radius 2 is 0.969 bits per heavy atom. The molecule has 0 aliphatic rings. The van der Waals surface area contributed by atoms with Gasteiger partial charge in [0.1, 0.15) is 0 Å².